The fourth-order valence-electron chi connectivity index (χ4n) is 2.51. The minimum Gasteiger partial charge on any atom is -0.370 e. The zero-order chi connectivity index (χ0) is 13.0. The third-order valence-corrected chi connectivity index (χ3v) is 3.53. The predicted molar refractivity (Wildman–Crippen MR) is 90.8 cm³/mol. The molecule has 1 heterocycles. The number of benzene rings is 1. The smallest absolute Gasteiger partial charge is 0.188 e. The maximum atomic E-state index is 5.72. The first kappa shape index (κ1) is 16.2. The molecule has 0 spiro atoms. The van der Waals surface area contributed by atoms with Crippen LogP contribution in [0.25, 0.3) is 0 Å². The van der Waals surface area contributed by atoms with E-state index in [2.05, 4.69) is 52.5 Å². The highest BCUT2D eigenvalue weighted by Crippen LogP contribution is 2.19. The van der Waals surface area contributed by atoms with E-state index in [9.17, 15) is 0 Å². The first-order chi connectivity index (χ1) is 8.69. The molecule has 1 saturated heterocycles. The Morgan fingerprint density at radius 2 is 2.11 bits per heavy atom. The molecule has 0 radical (unpaired) electrons. The molecular weight excluding hydrogens is 351 g/mol. The molecule has 0 aromatic heterocycles. The second-order valence-electron chi connectivity index (χ2n) is 4.95. The molecule has 19 heavy (non-hydrogen) atoms. The van der Waals surface area contributed by atoms with Crippen molar-refractivity contribution in [3.05, 3.63) is 35.9 Å². The van der Waals surface area contributed by atoms with Crippen molar-refractivity contribution in [2.24, 2.45) is 10.7 Å². The molecule has 0 bridgehead atoms. The van der Waals surface area contributed by atoms with Crippen molar-refractivity contribution in [1.82, 2.24) is 10.2 Å². The molecule has 5 heteroatoms. The molecule has 2 unspecified atom stereocenters. The molecule has 1 aromatic rings. The molecule has 2 rings (SSSR count). The molecule has 1 fully saturated rings. The highest BCUT2D eigenvalue weighted by Gasteiger charge is 2.28. The lowest BCUT2D eigenvalue weighted by atomic mass is 10.2. The monoisotopic (exact) mass is 374 g/mol. The van der Waals surface area contributed by atoms with Gasteiger partial charge in [0.2, 0.25) is 0 Å². The van der Waals surface area contributed by atoms with Crippen molar-refractivity contribution in [1.29, 1.82) is 0 Å². The van der Waals surface area contributed by atoms with Gasteiger partial charge in [0.1, 0.15) is 0 Å². The van der Waals surface area contributed by atoms with Gasteiger partial charge in [0.05, 0.1) is 0 Å². The maximum absolute atomic E-state index is 5.72. The van der Waals surface area contributed by atoms with E-state index >= 15 is 0 Å². The maximum Gasteiger partial charge on any atom is 0.188 e. The van der Waals surface area contributed by atoms with E-state index in [4.69, 9.17) is 5.73 Å². The van der Waals surface area contributed by atoms with Gasteiger partial charge < -0.3 is 11.1 Å². The van der Waals surface area contributed by atoms with Gasteiger partial charge in [0.25, 0.3) is 0 Å². The van der Waals surface area contributed by atoms with Crippen LogP contribution in [-0.2, 0) is 6.54 Å². The summed E-state index contributed by atoms with van der Waals surface area (Å²) in [6.45, 7) is 4.29. The largest absolute Gasteiger partial charge is 0.370 e. The Morgan fingerprint density at radius 3 is 2.74 bits per heavy atom. The number of hydrogen-bond donors (Lipinski definition) is 2. The topological polar surface area (TPSA) is 53.6 Å². The molecule has 4 nitrogen and oxygen atoms in total. The minimum absolute atomic E-state index is 0. The van der Waals surface area contributed by atoms with Crippen molar-refractivity contribution in [2.45, 2.75) is 32.0 Å². The summed E-state index contributed by atoms with van der Waals surface area (Å²) in [6.07, 6.45) is 1.11. The number of rotatable bonds is 3. The fraction of sp³-hybridized carbons (Fsp3) is 0.500. The van der Waals surface area contributed by atoms with E-state index in [0.29, 0.717) is 18.0 Å². The Kier molecular flexibility index (Phi) is 6.57. The number of aliphatic imine (C=N–C) groups is 1. The lowest BCUT2D eigenvalue weighted by molar-refractivity contribution is 0.258. The van der Waals surface area contributed by atoms with Gasteiger partial charge in [-0.3, -0.25) is 9.89 Å². The highest BCUT2D eigenvalue weighted by molar-refractivity contribution is 14.0. The zero-order valence-corrected chi connectivity index (χ0v) is 13.9. The second kappa shape index (κ2) is 7.69. The quantitative estimate of drug-likeness (QED) is 0.482. The fourth-order valence-corrected chi connectivity index (χ4v) is 2.51. The van der Waals surface area contributed by atoms with Crippen LogP contribution in [0.4, 0.5) is 0 Å². The molecule has 0 aliphatic carbocycles. The van der Waals surface area contributed by atoms with Crippen molar-refractivity contribution >= 4 is 29.9 Å². The molecule has 106 valence electrons. The van der Waals surface area contributed by atoms with Crippen LogP contribution >= 0.6 is 24.0 Å². The van der Waals surface area contributed by atoms with Crippen molar-refractivity contribution in [3.63, 3.8) is 0 Å². The Bertz CT molecular complexity index is 407. The lowest BCUT2D eigenvalue weighted by Gasteiger charge is -2.20. The van der Waals surface area contributed by atoms with Gasteiger partial charge in [-0.15, -0.1) is 24.0 Å². The van der Waals surface area contributed by atoms with Gasteiger partial charge in [-0.25, -0.2) is 0 Å². The van der Waals surface area contributed by atoms with Crippen LogP contribution in [-0.4, -0.2) is 36.5 Å². The van der Waals surface area contributed by atoms with Crippen LogP contribution in [0, 0.1) is 0 Å². The summed E-state index contributed by atoms with van der Waals surface area (Å²) in [4.78, 5) is 6.43. The van der Waals surface area contributed by atoms with Crippen LogP contribution < -0.4 is 11.1 Å². The first-order valence-electron chi connectivity index (χ1n) is 6.46. The normalized spacial score (nSPS) is 24.0. The molecule has 2 atom stereocenters. The predicted octanol–water partition coefficient (Wildman–Crippen LogP) is 1.80. The van der Waals surface area contributed by atoms with Gasteiger partial charge in [0, 0.05) is 32.2 Å². The average Bonchev–Trinajstić information content (AvgIpc) is 2.71. The first-order valence-corrected chi connectivity index (χ1v) is 6.46. The SMILES string of the molecule is CN=C(N)NC1CC(C)N(Cc2ccccc2)C1.I. The summed E-state index contributed by atoms with van der Waals surface area (Å²) < 4.78 is 0. The summed E-state index contributed by atoms with van der Waals surface area (Å²) in [6, 6.07) is 11.6. The summed E-state index contributed by atoms with van der Waals surface area (Å²) >= 11 is 0. The molecule has 1 aromatic carbocycles. The molecular formula is C14H23IN4. The number of nitrogens with one attached hydrogen (secondary N) is 1. The minimum atomic E-state index is 0. The second-order valence-corrected chi connectivity index (χ2v) is 4.95. The third kappa shape index (κ3) is 4.65. The lowest BCUT2D eigenvalue weighted by Crippen LogP contribution is -2.41. The van der Waals surface area contributed by atoms with Crippen molar-refractivity contribution in [2.75, 3.05) is 13.6 Å². The van der Waals surface area contributed by atoms with Crippen LogP contribution in [0.3, 0.4) is 0 Å². The van der Waals surface area contributed by atoms with E-state index in [1.54, 1.807) is 7.05 Å². The Morgan fingerprint density at radius 1 is 1.42 bits per heavy atom. The van der Waals surface area contributed by atoms with Gasteiger partial charge in [-0.1, -0.05) is 30.3 Å². The van der Waals surface area contributed by atoms with Crippen LogP contribution in [0.15, 0.2) is 35.3 Å². The van der Waals surface area contributed by atoms with E-state index in [-0.39, 0.29) is 24.0 Å². The Hall–Kier alpha value is -0.820. The van der Waals surface area contributed by atoms with Gasteiger partial charge in [-0.2, -0.15) is 0 Å². The van der Waals surface area contributed by atoms with Gasteiger partial charge >= 0.3 is 0 Å². The van der Waals surface area contributed by atoms with E-state index in [1.807, 2.05) is 0 Å². The number of likely N-dealkylation sites (tertiary alicyclic amines) is 1. The van der Waals surface area contributed by atoms with Crippen LogP contribution in [0.2, 0.25) is 0 Å². The Balaban J connectivity index is 0.00000180. The molecule has 0 saturated carbocycles. The van der Waals surface area contributed by atoms with Crippen LogP contribution in [0.5, 0.6) is 0 Å². The van der Waals surface area contributed by atoms with Crippen molar-refractivity contribution < 1.29 is 0 Å². The standard InChI is InChI=1S/C14H22N4.HI/c1-11-8-13(17-14(15)16-2)10-18(11)9-12-6-4-3-5-7-12;/h3-7,11,13H,8-10H2,1-2H3,(H3,15,16,17);1H. The Labute approximate surface area is 132 Å². The summed E-state index contributed by atoms with van der Waals surface area (Å²) in [7, 11) is 1.71. The van der Waals surface area contributed by atoms with E-state index in [0.717, 1.165) is 19.5 Å². The molecule has 0 amide bonds. The van der Waals surface area contributed by atoms with E-state index < -0.39 is 0 Å². The zero-order valence-electron chi connectivity index (χ0n) is 11.5. The third-order valence-electron chi connectivity index (χ3n) is 3.53. The molecule has 1 aliphatic rings. The van der Waals surface area contributed by atoms with Gasteiger partial charge in [0.15, 0.2) is 5.96 Å². The highest BCUT2D eigenvalue weighted by atomic mass is 127. The number of guanidine groups is 1. The van der Waals surface area contributed by atoms with E-state index in [1.165, 1.54) is 5.56 Å². The molecule has 3 N–H and O–H groups in total. The summed E-state index contributed by atoms with van der Waals surface area (Å²) in [5, 5.41) is 3.26. The number of nitrogens with two attached hydrogens (primary N) is 1. The van der Waals surface area contributed by atoms with Crippen LogP contribution in [0.1, 0.15) is 18.9 Å². The van der Waals surface area contributed by atoms with Gasteiger partial charge in [-0.05, 0) is 18.9 Å². The summed E-state index contributed by atoms with van der Waals surface area (Å²) in [5.41, 5.74) is 7.08. The number of hydrogen-bond acceptors (Lipinski definition) is 2. The molecule has 1 aliphatic heterocycles. The number of nitrogens with zero attached hydrogens (tertiary/aromatic N) is 2. The summed E-state index contributed by atoms with van der Waals surface area (Å²) in [5.74, 6) is 0.536. The average molecular weight is 374 g/mol. The van der Waals surface area contributed by atoms with Crippen molar-refractivity contribution in [3.8, 4) is 0 Å². The number of halogens is 1.